The number of ether oxygens (including phenoxy) is 5. The number of anilines is 1. The summed E-state index contributed by atoms with van der Waals surface area (Å²) in [6.45, 7) is 0.205. The summed E-state index contributed by atoms with van der Waals surface area (Å²) in [5.41, 5.74) is 1.40. The van der Waals surface area contributed by atoms with Gasteiger partial charge >= 0.3 is 6.09 Å². The number of aliphatic hydroxyl groups is 1. The molecular weight excluding hydrogens is 378 g/mol. The van der Waals surface area contributed by atoms with Crippen LogP contribution in [0, 0.1) is 0 Å². The van der Waals surface area contributed by atoms with Crippen LogP contribution in [0.5, 0.6) is 0 Å². The zero-order valence-electron chi connectivity index (χ0n) is 15.8. The summed E-state index contributed by atoms with van der Waals surface area (Å²) >= 11 is 0. The maximum atomic E-state index is 12.4. The fraction of sp³-hybridized carbons (Fsp3) is 0.381. The van der Waals surface area contributed by atoms with E-state index in [4.69, 9.17) is 23.7 Å². The molecule has 154 valence electrons. The van der Waals surface area contributed by atoms with Gasteiger partial charge in [-0.05, 0) is 12.1 Å². The van der Waals surface area contributed by atoms with E-state index in [9.17, 15) is 9.90 Å². The highest BCUT2D eigenvalue weighted by Crippen LogP contribution is 2.35. The Labute approximate surface area is 168 Å². The van der Waals surface area contributed by atoms with Crippen LogP contribution in [-0.4, -0.2) is 55.6 Å². The van der Waals surface area contributed by atoms with Gasteiger partial charge in [-0.15, -0.1) is 0 Å². The molecule has 6 unspecified atom stereocenters. The monoisotopic (exact) mass is 401 g/mol. The summed E-state index contributed by atoms with van der Waals surface area (Å²) in [4.78, 5) is 12.4. The summed E-state index contributed by atoms with van der Waals surface area (Å²) in [5.74, 6) is 0. The van der Waals surface area contributed by atoms with E-state index < -0.39 is 43.1 Å². The zero-order valence-corrected chi connectivity index (χ0v) is 15.8. The minimum Gasteiger partial charge on any atom is -0.440 e. The van der Waals surface area contributed by atoms with Crippen molar-refractivity contribution in [1.29, 1.82) is 0 Å². The summed E-state index contributed by atoms with van der Waals surface area (Å²) in [5, 5.41) is 13.3. The zero-order chi connectivity index (χ0) is 20.2. The van der Waals surface area contributed by atoms with Crippen LogP contribution in [0.2, 0.25) is 0 Å². The molecule has 2 aromatic rings. The number of hydrogen-bond acceptors (Lipinski definition) is 7. The van der Waals surface area contributed by atoms with Crippen LogP contribution >= 0.6 is 0 Å². The number of hydrogen-bond donors (Lipinski definition) is 2. The van der Waals surface area contributed by atoms with Crippen molar-refractivity contribution in [3.05, 3.63) is 66.2 Å². The van der Waals surface area contributed by atoms with Gasteiger partial charge < -0.3 is 28.8 Å². The molecule has 1 amide bonds. The topological polar surface area (TPSA) is 95.5 Å². The minimum atomic E-state index is -1.22. The number of amides is 1. The largest absolute Gasteiger partial charge is 0.440 e. The van der Waals surface area contributed by atoms with Crippen LogP contribution in [0.25, 0.3) is 0 Å². The molecule has 0 aromatic heterocycles. The van der Waals surface area contributed by atoms with Crippen LogP contribution in [0.3, 0.4) is 0 Å². The van der Waals surface area contributed by atoms with Gasteiger partial charge in [0.25, 0.3) is 0 Å². The predicted octanol–water partition coefficient (Wildman–Crippen LogP) is 2.45. The second-order valence-corrected chi connectivity index (χ2v) is 6.81. The molecule has 0 saturated carbocycles. The Bertz CT molecular complexity index is 803. The van der Waals surface area contributed by atoms with E-state index in [-0.39, 0.29) is 6.61 Å². The smallest absolute Gasteiger partial charge is 0.412 e. The summed E-state index contributed by atoms with van der Waals surface area (Å²) in [7, 11) is 1.41. The Balaban J connectivity index is 1.51. The number of aliphatic hydroxyl groups excluding tert-OH is 1. The molecule has 2 heterocycles. The Kier molecular flexibility index (Phi) is 6.08. The van der Waals surface area contributed by atoms with E-state index in [1.54, 1.807) is 24.3 Å². The second kappa shape index (κ2) is 8.89. The first kappa shape index (κ1) is 19.8. The van der Waals surface area contributed by atoms with Gasteiger partial charge in [-0.25, -0.2) is 4.79 Å². The Morgan fingerprint density at radius 2 is 1.76 bits per heavy atom. The maximum absolute atomic E-state index is 12.4. The molecular formula is C21H23NO7. The fourth-order valence-corrected chi connectivity index (χ4v) is 3.46. The number of nitrogens with one attached hydrogen (secondary N) is 1. The Morgan fingerprint density at radius 1 is 1.07 bits per heavy atom. The molecule has 8 nitrogen and oxygen atoms in total. The van der Waals surface area contributed by atoms with E-state index in [1.165, 1.54) is 7.11 Å². The van der Waals surface area contributed by atoms with Crippen LogP contribution in [0.15, 0.2) is 60.7 Å². The standard InChI is InChI=1S/C21H23NO7/c1-25-20-16(23)18(29-21(24)22-14-10-6-3-7-11-14)17-15(27-20)12-26-19(28-17)13-8-4-2-5-9-13/h2-11,15-20,23H,12H2,1H3,(H,22,24). The van der Waals surface area contributed by atoms with Crippen molar-refractivity contribution in [2.24, 2.45) is 0 Å². The normalized spacial score (nSPS) is 31.5. The van der Waals surface area contributed by atoms with Crippen molar-refractivity contribution in [1.82, 2.24) is 0 Å². The second-order valence-electron chi connectivity index (χ2n) is 6.81. The minimum absolute atomic E-state index is 0.205. The maximum Gasteiger partial charge on any atom is 0.412 e. The number of carbonyl (C=O) groups is 1. The van der Waals surface area contributed by atoms with Gasteiger partial charge in [0.2, 0.25) is 0 Å². The summed E-state index contributed by atoms with van der Waals surface area (Å²) in [6, 6.07) is 18.3. The van der Waals surface area contributed by atoms with Crippen LogP contribution in [0.1, 0.15) is 11.9 Å². The Morgan fingerprint density at radius 3 is 2.45 bits per heavy atom. The Hall–Kier alpha value is -2.49. The van der Waals surface area contributed by atoms with Gasteiger partial charge in [0, 0.05) is 18.4 Å². The molecule has 6 atom stereocenters. The van der Waals surface area contributed by atoms with Gasteiger partial charge in [0.1, 0.15) is 18.3 Å². The molecule has 2 fully saturated rings. The molecule has 0 aliphatic carbocycles. The average Bonchev–Trinajstić information content (AvgIpc) is 2.76. The van der Waals surface area contributed by atoms with Crippen molar-refractivity contribution in [2.75, 3.05) is 19.0 Å². The third-order valence-electron chi connectivity index (χ3n) is 4.87. The first-order valence-electron chi connectivity index (χ1n) is 9.36. The van der Waals surface area contributed by atoms with Gasteiger partial charge in [-0.3, -0.25) is 5.32 Å². The van der Waals surface area contributed by atoms with Crippen molar-refractivity contribution in [2.45, 2.75) is 37.0 Å². The van der Waals surface area contributed by atoms with Crippen molar-refractivity contribution in [3.8, 4) is 0 Å². The number of fused-ring (bicyclic) bond motifs is 1. The highest BCUT2D eigenvalue weighted by molar-refractivity contribution is 5.84. The summed E-state index contributed by atoms with van der Waals surface area (Å²) < 4.78 is 28.3. The number of methoxy groups -OCH3 is 1. The molecule has 4 rings (SSSR count). The van der Waals surface area contributed by atoms with E-state index in [2.05, 4.69) is 5.32 Å². The number of carbonyl (C=O) groups excluding carboxylic acids is 1. The molecule has 0 radical (unpaired) electrons. The number of para-hydroxylation sites is 1. The molecule has 29 heavy (non-hydrogen) atoms. The first-order valence-corrected chi connectivity index (χ1v) is 9.36. The van der Waals surface area contributed by atoms with Gasteiger partial charge in [0.15, 0.2) is 18.7 Å². The number of rotatable bonds is 4. The van der Waals surface area contributed by atoms with Crippen LogP contribution in [-0.2, 0) is 23.7 Å². The first-order chi connectivity index (χ1) is 14.2. The third kappa shape index (κ3) is 4.42. The van der Waals surface area contributed by atoms with E-state index >= 15 is 0 Å². The molecule has 8 heteroatoms. The highest BCUT2D eigenvalue weighted by Gasteiger charge is 2.51. The van der Waals surface area contributed by atoms with Crippen LogP contribution < -0.4 is 5.32 Å². The van der Waals surface area contributed by atoms with Crippen molar-refractivity contribution < 1.29 is 33.6 Å². The van der Waals surface area contributed by atoms with E-state index in [0.29, 0.717) is 5.69 Å². The molecule has 2 saturated heterocycles. The van der Waals surface area contributed by atoms with E-state index in [0.717, 1.165) is 5.56 Å². The van der Waals surface area contributed by atoms with Crippen molar-refractivity contribution >= 4 is 11.8 Å². The molecule has 2 aromatic carbocycles. The average molecular weight is 401 g/mol. The lowest BCUT2D eigenvalue weighted by Crippen LogP contribution is -2.63. The fourth-order valence-electron chi connectivity index (χ4n) is 3.46. The van der Waals surface area contributed by atoms with E-state index in [1.807, 2.05) is 36.4 Å². The predicted molar refractivity (Wildman–Crippen MR) is 102 cm³/mol. The highest BCUT2D eigenvalue weighted by atomic mass is 16.8. The molecule has 2 aliphatic rings. The van der Waals surface area contributed by atoms with Gasteiger partial charge in [-0.2, -0.15) is 0 Å². The SMILES string of the molecule is COC1OC2COC(c3ccccc3)OC2C(OC(=O)Nc2ccccc2)C1O. The lowest BCUT2D eigenvalue weighted by Gasteiger charge is -2.46. The lowest BCUT2D eigenvalue weighted by molar-refractivity contribution is -0.357. The molecule has 2 N–H and O–H groups in total. The third-order valence-corrected chi connectivity index (χ3v) is 4.87. The van der Waals surface area contributed by atoms with Gasteiger partial charge in [-0.1, -0.05) is 48.5 Å². The van der Waals surface area contributed by atoms with Crippen LogP contribution in [0.4, 0.5) is 10.5 Å². The number of benzene rings is 2. The molecule has 0 bridgehead atoms. The summed E-state index contributed by atoms with van der Waals surface area (Å²) in [6.07, 6.45) is -5.84. The molecule has 0 spiro atoms. The van der Waals surface area contributed by atoms with Gasteiger partial charge in [0.05, 0.1) is 6.61 Å². The van der Waals surface area contributed by atoms with Crippen molar-refractivity contribution in [3.63, 3.8) is 0 Å². The molecule has 2 aliphatic heterocycles. The quantitative estimate of drug-likeness (QED) is 0.812. The lowest BCUT2D eigenvalue weighted by atomic mass is 9.97.